The summed E-state index contributed by atoms with van der Waals surface area (Å²) in [6.07, 6.45) is 11.6. The number of thiazole rings is 1. The van der Waals surface area contributed by atoms with Crippen LogP contribution in [0.3, 0.4) is 0 Å². The number of nitrogens with zero attached hydrogens (tertiary/aromatic N) is 1. The molecule has 1 atom stereocenters. The Bertz CT molecular complexity index is 1330. The summed E-state index contributed by atoms with van der Waals surface area (Å²) < 4.78 is 23.8. The van der Waals surface area contributed by atoms with Crippen LogP contribution in [0.15, 0.2) is 71.1 Å². The van der Waals surface area contributed by atoms with Gasteiger partial charge >= 0.3 is 5.97 Å². The third kappa shape index (κ3) is 11.3. The van der Waals surface area contributed by atoms with Crippen molar-refractivity contribution >= 4 is 29.7 Å². The van der Waals surface area contributed by atoms with Crippen molar-refractivity contribution in [3.8, 4) is 5.75 Å². The molecule has 1 aromatic heterocycles. The summed E-state index contributed by atoms with van der Waals surface area (Å²) in [6, 6.07) is 13.8. The second-order valence-electron chi connectivity index (χ2n) is 10.5. The van der Waals surface area contributed by atoms with E-state index < -0.39 is 0 Å². The van der Waals surface area contributed by atoms with Gasteiger partial charge in [0.2, 0.25) is 0 Å². The first kappa shape index (κ1) is 32.9. The van der Waals surface area contributed by atoms with Crippen LogP contribution in [-0.2, 0) is 27.4 Å². The maximum Gasteiger partial charge on any atom is 0.333 e. The molecule has 0 amide bonds. The molecular weight excluding hydrogens is 551 g/mol. The highest BCUT2D eigenvalue weighted by Gasteiger charge is 2.13. The predicted octanol–water partition coefficient (Wildman–Crippen LogP) is 7.78. The molecule has 1 aliphatic carbocycles. The fourth-order valence-corrected chi connectivity index (χ4v) is 5.32. The number of aldehydes is 1. The predicted molar refractivity (Wildman–Crippen MR) is 167 cm³/mol. The van der Waals surface area contributed by atoms with Gasteiger partial charge in [0.05, 0.1) is 18.3 Å². The van der Waals surface area contributed by atoms with Gasteiger partial charge in [-0.05, 0) is 93.2 Å². The molecule has 0 radical (unpaired) electrons. The van der Waals surface area contributed by atoms with E-state index in [-0.39, 0.29) is 17.8 Å². The van der Waals surface area contributed by atoms with Crippen LogP contribution >= 0.6 is 11.3 Å². The topological polar surface area (TPSA) is 91.5 Å². The van der Waals surface area contributed by atoms with Crippen molar-refractivity contribution in [1.29, 1.82) is 0 Å². The molecule has 1 fully saturated rings. The summed E-state index contributed by atoms with van der Waals surface area (Å²) >= 11 is 1.52. The number of carbonyl (C=O) groups excluding carboxylic acids is 2. The van der Waals surface area contributed by atoms with Crippen molar-refractivity contribution in [3.63, 3.8) is 0 Å². The number of carbonyl (C=O) groups is 2. The number of esters is 1. The molecule has 1 saturated carbocycles. The second-order valence-corrected chi connectivity index (χ2v) is 11.3. The molecule has 1 aliphatic rings. The van der Waals surface area contributed by atoms with Crippen LogP contribution in [0.4, 0.5) is 4.39 Å². The highest BCUT2D eigenvalue weighted by molar-refractivity contribution is 7.09. The standard InChI is InChI=1S/C27H29FN2O3S.C7H12O/c1-4-32-27(31)19(3)13-18(2)14-23-17-34-26(30-23)25(29)15-20-7-11-24(12-8-20)33-16-21-5-9-22(28)10-6-21;8-6-7-4-2-1-3-5-7/h5-14,17,25H,4,15-16,29H2,1-3H3;6-7H,1-5H2/b18-14+,19-13-;. The Hall–Kier alpha value is -3.62. The summed E-state index contributed by atoms with van der Waals surface area (Å²) in [7, 11) is 0. The lowest BCUT2D eigenvalue weighted by Gasteiger charge is -2.14. The van der Waals surface area contributed by atoms with Gasteiger partial charge in [-0.15, -0.1) is 11.3 Å². The molecule has 2 N–H and O–H groups in total. The van der Waals surface area contributed by atoms with E-state index in [0.717, 1.165) is 52.3 Å². The Morgan fingerprint density at radius 1 is 1.07 bits per heavy atom. The van der Waals surface area contributed by atoms with Crippen LogP contribution < -0.4 is 10.5 Å². The number of rotatable bonds is 11. The quantitative estimate of drug-likeness (QED) is 0.106. The molecule has 0 bridgehead atoms. The zero-order valence-corrected chi connectivity index (χ0v) is 25.5. The Morgan fingerprint density at radius 3 is 2.36 bits per heavy atom. The van der Waals surface area contributed by atoms with Gasteiger partial charge in [0, 0.05) is 16.9 Å². The van der Waals surface area contributed by atoms with Crippen LogP contribution in [0.2, 0.25) is 0 Å². The molecule has 2 aromatic carbocycles. The monoisotopic (exact) mass is 592 g/mol. The van der Waals surface area contributed by atoms with Gasteiger partial charge in [-0.1, -0.05) is 43.5 Å². The Labute approximate surface area is 252 Å². The van der Waals surface area contributed by atoms with Gasteiger partial charge in [-0.2, -0.15) is 0 Å². The summed E-state index contributed by atoms with van der Waals surface area (Å²) in [6.45, 7) is 6.17. The highest BCUT2D eigenvalue weighted by Crippen LogP contribution is 2.24. The van der Waals surface area contributed by atoms with Gasteiger partial charge in [-0.25, -0.2) is 14.2 Å². The number of ether oxygens (including phenoxy) is 2. The molecule has 1 heterocycles. The fourth-order valence-electron chi connectivity index (χ4n) is 4.54. The number of aromatic nitrogens is 1. The number of benzene rings is 2. The van der Waals surface area contributed by atoms with E-state index in [2.05, 4.69) is 4.98 Å². The van der Waals surface area contributed by atoms with Crippen molar-refractivity contribution in [3.05, 3.63) is 98.8 Å². The van der Waals surface area contributed by atoms with Gasteiger partial charge in [-0.3, -0.25) is 0 Å². The smallest absolute Gasteiger partial charge is 0.333 e. The average Bonchev–Trinajstić information content (AvgIpc) is 3.47. The summed E-state index contributed by atoms with van der Waals surface area (Å²) in [4.78, 5) is 26.6. The van der Waals surface area contributed by atoms with Gasteiger partial charge in [0.1, 0.15) is 29.5 Å². The SMILES string of the molecule is CCOC(=O)/C(C)=C\C(C)=C\c1csc(C(N)Cc2ccc(OCc3ccc(F)cc3)cc2)n1.O=CC1CCCCC1. The minimum Gasteiger partial charge on any atom is -0.489 e. The van der Waals surface area contributed by atoms with Crippen molar-refractivity contribution in [1.82, 2.24) is 4.98 Å². The molecule has 0 saturated heterocycles. The van der Waals surface area contributed by atoms with Crippen molar-refractivity contribution in [2.75, 3.05) is 6.61 Å². The second kappa shape index (κ2) is 17.4. The van der Waals surface area contributed by atoms with Crippen molar-refractivity contribution < 1.29 is 23.5 Å². The first-order chi connectivity index (χ1) is 20.3. The summed E-state index contributed by atoms with van der Waals surface area (Å²) in [5.41, 5.74) is 10.7. The lowest BCUT2D eigenvalue weighted by atomic mass is 9.91. The van der Waals surface area contributed by atoms with Crippen LogP contribution in [0, 0.1) is 11.7 Å². The number of hydrogen-bond acceptors (Lipinski definition) is 7. The molecule has 0 aliphatic heterocycles. The van der Waals surface area contributed by atoms with Crippen LogP contribution in [0.5, 0.6) is 5.75 Å². The third-order valence-corrected chi connectivity index (χ3v) is 7.81. The van der Waals surface area contributed by atoms with Gasteiger partial charge in [0.15, 0.2) is 0 Å². The maximum atomic E-state index is 13.0. The summed E-state index contributed by atoms with van der Waals surface area (Å²) in [5, 5.41) is 2.81. The normalized spacial score (nSPS) is 14.9. The van der Waals surface area contributed by atoms with E-state index in [9.17, 15) is 14.0 Å². The zero-order chi connectivity index (χ0) is 30.3. The lowest BCUT2D eigenvalue weighted by Crippen LogP contribution is -2.13. The Morgan fingerprint density at radius 2 is 1.74 bits per heavy atom. The lowest BCUT2D eigenvalue weighted by molar-refractivity contribution is -0.138. The van der Waals surface area contributed by atoms with Crippen LogP contribution in [-0.4, -0.2) is 23.8 Å². The average molecular weight is 593 g/mol. The van der Waals surface area contributed by atoms with E-state index in [1.807, 2.05) is 42.6 Å². The molecule has 3 aromatic rings. The van der Waals surface area contributed by atoms with Crippen LogP contribution in [0.25, 0.3) is 6.08 Å². The number of nitrogens with two attached hydrogens (primary N) is 1. The molecule has 0 spiro atoms. The Kier molecular flexibility index (Phi) is 13.6. The van der Waals surface area contributed by atoms with Gasteiger partial charge < -0.3 is 20.0 Å². The molecule has 4 rings (SSSR count). The first-order valence-corrected chi connectivity index (χ1v) is 15.3. The van der Waals surface area contributed by atoms with E-state index in [1.165, 1.54) is 42.7 Å². The Balaban J connectivity index is 0.000000521. The molecule has 1 unspecified atom stereocenters. The van der Waals surface area contributed by atoms with E-state index in [1.54, 1.807) is 32.1 Å². The number of hydrogen-bond donors (Lipinski definition) is 1. The third-order valence-electron chi connectivity index (χ3n) is 6.81. The molecule has 224 valence electrons. The maximum absolute atomic E-state index is 13.0. The van der Waals surface area contributed by atoms with E-state index >= 15 is 0 Å². The minimum atomic E-state index is -0.317. The molecule has 6 nitrogen and oxygen atoms in total. The molecule has 42 heavy (non-hydrogen) atoms. The largest absolute Gasteiger partial charge is 0.489 e. The number of allylic oxidation sites excluding steroid dienone is 2. The highest BCUT2D eigenvalue weighted by atomic mass is 32.1. The van der Waals surface area contributed by atoms with E-state index in [4.69, 9.17) is 15.2 Å². The fraction of sp³-hybridized carbons (Fsp3) is 0.382. The zero-order valence-electron chi connectivity index (χ0n) is 24.7. The molecule has 8 heteroatoms. The summed E-state index contributed by atoms with van der Waals surface area (Å²) in [5.74, 6) is 0.570. The van der Waals surface area contributed by atoms with Crippen molar-refractivity contribution in [2.45, 2.75) is 71.9 Å². The number of halogens is 1. The van der Waals surface area contributed by atoms with Crippen LogP contribution in [0.1, 0.15) is 80.7 Å². The first-order valence-electron chi connectivity index (χ1n) is 14.4. The minimum absolute atomic E-state index is 0.227. The van der Waals surface area contributed by atoms with Crippen molar-refractivity contribution in [2.24, 2.45) is 11.7 Å². The van der Waals surface area contributed by atoms with E-state index in [0.29, 0.717) is 31.1 Å². The van der Waals surface area contributed by atoms with Gasteiger partial charge in [0.25, 0.3) is 0 Å². The molecular formula is C34H41FN2O4S.